The number of nitrogens with one attached hydrogen (secondary N) is 4. The number of amides is 4. The van der Waals surface area contributed by atoms with Gasteiger partial charge in [0.15, 0.2) is 49.4 Å². The quantitative estimate of drug-likeness (QED) is 0.0322. The number of carbonyl (C=O) groups excluding carboxylic acids is 4. The lowest BCUT2D eigenvalue weighted by Gasteiger charge is -2.16. The fourth-order valence-corrected chi connectivity index (χ4v) is 10.6. The van der Waals surface area contributed by atoms with Gasteiger partial charge in [-0.2, -0.15) is 0 Å². The lowest BCUT2D eigenvalue weighted by molar-refractivity contribution is -0.124. The molecule has 4 N–H and O–H groups in total. The number of benzene rings is 3. The largest absolute Gasteiger partial charge is 0.480 e. The SMILES string of the molecule is CCCCCCCCCCCCNC(=O)COc1cc2cc3cc(OCC(=O)NCCCCCCCCCCCC)c(OCC(=O)NCCCCCCCCCCCC)cc3cc2cc1OCC(=O)NCCCCCCCCCCCC. The molecule has 466 valence electrons. The van der Waals surface area contributed by atoms with E-state index in [2.05, 4.69) is 49.0 Å². The highest BCUT2D eigenvalue weighted by atomic mass is 16.5. The Hall–Kier alpha value is -4.74. The predicted molar refractivity (Wildman–Crippen MR) is 343 cm³/mol. The van der Waals surface area contributed by atoms with Gasteiger partial charge in [0.05, 0.1) is 0 Å². The second-order valence-corrected chi connectivity index (χ2v) is 23.4. The van der Waals surface area contributed by atoms with Crippen molar-refractivity contribution in [3.63, 3.8) is 0 Å². The molecule has 0 radical (unpaired) electrons. The standard InChI is InChI=1S/C70H118N4O8/c1-5-9-13-17-21-25-29-33-37-41-45-71-67(75)55-79-63-51-59-49-61-53-65(81-57-69(77)73-47-43-39-35-31-27-23-19-15-11-7-3)66(82-58-70(78)74-48-44-40-36-32-28-24-20-16-12-8-4)54-62(61)50-60(59)52-64(63)80-56-68(76)72-46-42-38-34-30-26-22-18-14-10-6-2/h49-54H,5-48,55-58H2,1-4H3,(H,71,75)(H,72,76)(H,73,77)(H,74,78). The van der Waals surface area contributed by atoms with Crippen LogP contribution in [0, 0.1) is 0 Å². The average molecular weight is 1140 g/mol. The smallest absolute Gasteiger partial charge is 0.257 e. The molecular formula is C70H118N4O8. The molecule has 0 unspecified atom stereocenters. The molecular weight excluding hydrogens is 1020 g/mol. The maximum Gasteiger partial charge on any atom is 0.257 e. The van der Waals surface area contributed by atoms with Crippen LogP contribution in [0.1, 0.15) is 285 Å². The molecule has 0 bridgehead atoms. The molecule has 3 rings (SSSR count). The monoisotopic (exact) mass is 1140 g/mol. The summed E-state index contributed by atoms with van der Waals surface area (Å²) in [6, 6.07) is 11.3. The van der Waals surface area contributed by atoms with Gasteiger partial charge in [0.1, 0.15) is 0 Å². The number of hydrogen-bond donors (Lipinski definition) is 4. The van der Waals surface area contributed by atoms with Gasteiger partial charge in [0.2, 0.25) is 0 Å². The van der Waals surface area contributed by atoms with Gasteiger partial charge < -0.3 is 40.2 Å². The number of unbranched alkanes of at least 4 members (excludes halogenated alkanes) is 36. The Kier molecular flexibility index (Phi) is 43.3. The number of ether oxygens (including phenoxy) is 4. The molecule has 0 aliphatic carbocycles. The first-order valence-electron chi connectivity index (χ1n) is 33.9. The molecule has 0 heterocycles. The van der Waals surface area contributed by atoms with E-state index in [1.165, 1.54) is 205 Å². The molecule has 3 aromatic carbocycles. The first kappa shape index (κ1) is 71.5. The third-order valence-electron chi connectivity index (χ3n) is 15.8. The lowest BCUT2D eigenvalue weighted by atomic mass is 10.0. The zero-order valence-corrected chi connectivity index (χ0v) is 52.7. The van der Waals surface area contributed by atoms with E-state index in [9.17, 15) is 19.2 Å². The molecule has 0 saturated carbocycles. The Balaban J connectivity index is 1.72. The summed E-state index contributed by atoms with van der Waals surface area (Å²) in [5.41, 5.74) is 0. The Morgan fingerprint density at radius 1 is 0.244 bits per heavy atom. The first-order valence-corrected chi connectivity index (χ1v) is 33.9. The zero-order valence-electron chi connectivity index (χ0n) is 52.7. The summed E-state index contributed by atoms with van der Waals surface area (Å²) in [5.74, 6) is 0.525. The molecule has 3 aromatic rings. The van der Waals surface area contributed by atoms with Crippen LogP contribution >= 0.6 is 0 Å². The highest BCUT2D eigenvalue weighted by Crippen LogP contribution is 2.38. The summed E-state index contributed by atoms with van der Waals surface area (Å²) in [6.45, 7) is 10.5. The first-order chi connectivity index (χ1) is 40.3. The van der Waals surface area contributed by atoms with Gasteiger partial charge in [-0.15, -0.1) is 0 Å². The van der Waals surface area contributed by atoms with Crippen molar-refractivity contribution >= 4 is 45.2 Å². The third kappa shape index (κ3) is 36.1. The van der Waals surface area contributed by atoms with Gasteiger partial charge in [-0.1, -0.05) is 259 Å². The number of fused-ring (bicyclic) bond motifs is 2. The molecule has 0 aromatic heterocycles. The summed E-state index contributed by atoms with van der Waals surface area (Å²) < 4.78 is 24.8. The average Bonchev–Trinajstić information content (AvgIpc) is 3.03. The van der Waals surface area contributed by atoms with Crippen LogP contribution in [0.25, 0.3) is 21.5 Å². The Morgan fingerprint density at radius 2 is 0.402 bits per heavy atom. The Bertz CT molecular complexity index is 1820. The van der Waals surface area contributed by atoms with E-state index >= 15 is 0 Å². The third-order valence-corrected chi connectivity index (χ3v) is 15.8. The Morgan fingerprint density at radius 3 is 0.573 bits per heavy atom. The molecule has 12 nitrogen and oxygen atoms in total. The van der Waals surface area contributed by atoms with Crippen molar-refractivity contribution in [1.82, 2.24) is 21.3 Å². The second kappa shape index (κ2) is 49.7. The molecule has 0 spiro atoms. The van der Waals surface area contributed by atoms with Gasteiger partial charge in [-0.3, -0.25) is 19.2 Å². The highest BCUT2D eigenvalue weighted by molar-refractivity contribution is 6.01. The van der Waals surface area contributed by atoms with Crippen molar-refractivity contribution in [3.8, 4) is 23.0 Å². The normalized spacial score (nSPS) is 11.3. The highest BCUT2D eigenvalue weighted by Gasteiger charge is 2.17. The van der Waals surface area contributed by atoms with Gasteiger partial charge in [0, 0.05) is 26.2 Å². The molecule has 4 amide bonds. The van der Waals surface area contributed by atoms with Gasteiger partial charge in [-0.25, -0.2) is 0 Å². The van der Waals surface area contributed by atoms with Crippen molar-refractivity contribution in [2.75, 3.05) is 52.6 Å². The minimum atomic E-state index is -0.218. The van der Waals surface area contributed by atoms with Crippen LogP contribution in [0.5, 0.6) is 23.0 Å². The summed E-state index contributed by atoms with van der Waals surface area (Å²) >= 11 is 0. The van der Waals surface area contributed by atoms with Crippen LogP contribution in [0.2, 0.25) is 0 Å². The van der Waals surface area contributed by atoms with Crippen molar-refractivity contribution in [1.29, 1.82) is 0 Å². The van der Waals surface area contributed by atoms with Crippen LogP contribution in [0.4, 0.5) is 0 Å². The van der Waals surface area contributed by atoms with Crippen LogP contribution in [-0.2, 0) is 19.2 Å². The lowest BCUT2D eigenvalue weighted by Crippen LogP contribution is -2.30. The van der Waals surface area contributed by atoms with Crippen LogP contribution in [0.3, 0.4) is 0 Å². The van der Waals surface area contributed by atoms with E-state index in [1.807, 2.05) is 36.4 Å². The molecule has 82 heavy (non-hydrogen) atoms. The molecule has 0 saturated heterocycles. The fraction of sp³-hybridized carbons (Fsp3) is 0.743. The molecule has 0 fully saturated rings. The van der Waals surface area contributed by atoms with E-state index in [0.717, 1.165) is 72.9 Å². The number of rotatable bonds is 56. The number of carbonyl (C=O) groups is 4. The van der Waals surface area contributed by atoms with Crippen LogP contribution in [0.15, 0.2) is 36.4 Å². The van der Waals surface area contributed by atoms with Gasteiger partial charge in [0.25, 0.3) is 23.6 Å². The minimum Gasteiger partial charge on any atom is -0.480 e. The predicted octanol–water partition coefficient (Wildman–Crippen LogP) is 17.7. The van der Waals surface area contributed by atoms with Crippen LogP contribution < -0.4 is 40.2 Å². The van der Waals surface area contributed by atoms with E-state index in [1.54, 1.807) is 0 Å². The van der Waals surface area contributed by atoms with E-state index in [4.69, 9.17) is 18.9 Å². The van der Waals surface area contributed by atoms with E-state index in [0.29, 0.717) is 49.2 Å². The van der Waals surface area contributed by atoms with E-state index in [-0.39, 0.29) is 50.1 Å². The molecule has 12 heteroatoms. The topological polar surface area (TPSA) is 153 Å². The van der Waals surface area contributed by atoms with Gasteiger partial charge >= 0.3 is 0 Å². The van der Waals surface area contributed by atoms with Gasteiger partial charge in [-0.05, 0) is 83.6 Å². The summed E-state index contributed by atoms with van der Waals surface area (Å²) in [4.78, 5) is 52.5. The molecule has 0 atom stereocenters. The van der Waals surface area contributed by atoms with Crippen molar-refractivity contribution in [2.24, 2.45) is 0 Å². The summed E-state index contributed by atoms with van der Waals surface area (Å²) in [5, 5.41) is 15.3. The summed E-state index contributed by atoms with van der Waals surface area (Å²) in [7, 11) is 0. The maximum absolute atomic E-state index is 13.1. The summed E-state index contributed by atoms with van der Waals surface area (Å²) in [6.07, 6.45) is 49.0. The van der Waals surface area contributed by atoms with Crippen molar-refractivity contribution < 1.29 is 38.1 Å². The maximum atomic E-state index is 13.1. The van der Waals surface area contributed by atoms with Crippen molar-refractivity contribution in [3.05, 3.63) is 36.4 Å². The van der Waals surface area contributed by atoms with Crippen LogP contribution in [-0.4, -0.2) is 76.2 Å². The second-order valence-electron chi connectivity index (χ2n) is 23.4. The van der Waals surface area contributed by atoms with E-state index < -0.39 is 0 Å². The minimum absolute atomic E-state index is 0.203. The fourth-order valence-electron chi connectivity index (χ4n) is 10.6. The Labute approximate surface area is 499 Å². The number of hydrogen-bond acceptors (Lipinski definition) is 8. The van der Waals surface area contributed by atoms with Crippen molar-refractivity contribution in [2.45, 2.75) is 285 Å². The molecule has 0 aliphatic rings. The molecule has 0 aliphatic heterocycles. The zero-order chi connectivity index (χ0) is 58.8.